The second kappa shape index (κ2) is 10.1. The molecular weight excluding hydrogens is 557 g/mol. The second-order valence-corrected chi connectivity index (χ2v) is 9.28. The summed E-state index contributed by atoms with van der Waals surface area (Å²) in [5.74, 6) is -3.60. The van der Waals surface area contributed by atoms with Gasteiger partial charge in [-0.15, -0.1) is 0 Å². The molecule has 1 aliphatic rings. The lowest BCUT2D eigenvalue weighted by Crippen LogP contribution is -2.21. The molecule has 1 aliphatic heterocycles. The molecule has 1 aromatic heterocycles. The Morgan fingerprint density at radius 1 is 1.12 bits per heavy atom. The fraction of sp³-hybridized carbons (Fsp3) is 0.111. The van der Waals surface area contributed by atoms with Crippen LogP contribution in [0.25, 0.3) is 0 Å². The van der Waals surface area contributed by atoms with Gasteiger partial charge in [-0.25, -0.2) is 13.8 Å². The van der Waals surface area contributed by atoms with Crippen LogP contribution in [-0.2, 0) is 12.7 Å². The van der Waals surface area contributed by atoms with Gasteiger partial charge < -0.3 is 15.2 Å². The number of anilines is 1. The summed E-state index contributed by atoms with van der Waals surface area (Å²) in [6, 6.07) is 8.79. The predicted molar refractivity (Wildman–Crippen MR) is 133 cm³/mol. The maximum absolute atomic E-state index is 14.1. The monoisotopic (exact) mass is 571 g/mol. The van der Waals surface area contributed by atoms with Gasteiger partial charge >= 0.3 is 6.18 Å². The molecule has 3 aromatic carbocycles. The number of nitriles is 1. The van der Waals surface area contributed by atoms with E-state index in [9.17, 15) is 36.8 Å². The summed E-state index contributed by atoms with van der Waals surface area (Å²) in [5.41, 5.74) is -0.951. The second-order valence-electron chi connectivity index (χ2n) is 8.88. The van der Waals surface area contributed by atoms with E-state index < -0.39 is 46.8 Å². The largest absolute Gasteiger partial charge is 0.416 e. The summed E-state index contributed by atoms with van der Waals surface area (Å²) < 4.78 is 69.4. The highest BCUT2D eigenvalue weighted by Gasteiger charge is 2.36. The first-order valence-corrected chi connectivity index (χ1v) is 11.8. The summed E-state index contributed by atoms with van der Waals surface area (Å²) in [6.07, 6.45) is -2.20. The number of carbonyl (C=O) groups excluding carboxylic acids is 2. The number of halogens is 6. The zero-order valence-corrected chi connectivity index (χ0v) is 20.7. The van der Waals surface area contributed by atoms with Crippen molar-refractivity contribution in [3.8, 4) is 6.07 Å². The van der Waals surface area contributed by atoms with Crippen LogP contribution in [0, 0.1) is 23.0 Å². The number of fused-ring (bicyclic) bond motifs is 1. The van der Waals surface area contributed by atoms with Crippen molar-refractivity contribution in [3.05, 3.63) is 117 Å². The molecule has 0 spiro atoms. The van der Waals surface area contributed by atoms with E-state index in [-0.39, 0.29) is 45.7 Å². The number of amides is 2. The lowest BCUT2D eigenvalue weighted by molar-refractivity contribution is -0.137. The first-order valence-electron chi connectivity index (χ1n) is 11.5. The zero-order valence-electron chi connectivity index (χ0n) is 20.0. The van der Waals surface area contributed by atoms with E-state index in [1.54, 1.807) is 0 Å². The van der Waals surface area contributed by atoms with E-state index in [4.69, 9.17) is 11.6 Å². The van der Waals surface area contributed by atoms with Crippen LogP contribution in [0.4, 0.5) is 27.6 Å². The summed E-state index contributed by atoms with van der Waals surface area (Å²) in [6.45, 7) is 0.0376. The van der Waals surface area contributed by atoms with Gasteiger partial charge in [0.2, 0.25) is 0 Å². The minimum absolute atomic E-state index is 0.0161. The smallest absolute Gasteiger partial charge is 0.341 e. The average molecular weight is 572 g/mol. The van der Waals surface area contributed by atoms with Crippen LogP contribution in [0.3, 0.4) is 0 Å². The molecule has 202 valence electrons. The van der Waals surface area contributed by atoms with Crippen molar-refractivity contribution in [2.24, 2.45) is 0 Å². The highest BCUT2D eigenvalue weighted by molar-refractivity contribution is 6.31. The molecule has 13 heteroatoms. The zero-order chi connectivity index (χ0) is 28.8. The molecule has 5 rings (SSSR count). The number of hydrogen-bond donors (Lipinski definition) is 2. The Bertz CT molecular complexity index is 1730. The van der Waals surface area contributed by atoms with Gasteiger partial charge in [-0.05, 0) is 54.1 Å². The Hall–Kier alpha value is -4.76. The predicted octanol–water partition coefficient (Wildman–Crippen LogP) is 5.84. The number of nitrogens with one attached hydrogen (secondary N) is 2. The number of nitrogens with zero attached hydrogens (tertiary/aromatic N) is 3. The fourth-order valence-electron chi connectivity index (χ4n) is 4.47. The van der Waals surface area contributed by atoms with Crippen molar-refractivity contribution >= 4 is 29.1 Å². The SMILES string of the molecule is N#Cc1cncn1Cc1cc(NC(=O)c2cc(F)cc(C(F)(F)F)c2)c2c(c1)C(=O)N[C@@H]2c1cc(F)ccc1Cl. The van der Waals surface area contributed by atoms with Crippen LogP contribution < -0.4 is 10.6 Å². The minimum Gasteiger partial charge on any atom is -0.341 e. The highest BCUT2D eigenvalue weighted by Crippen LogP contribution is 2.40. The van der Waals surface area contributed by atoms with Crippen molar-refractivity contribution in [1.29, 1.82) is 5.26 Å². The summed E-state index contributed by atoms with van der Waals surface area (Å²) in [7, 11) is 0. The molecule has 4 aromatic rings. The van der Waals surface area contributed by atoms with Gasteiger partial charge in [-0.1, -0.05) is 11.6 Å². The van der Waals surface area contributed by atoms with Gasteiger partial charge in [0, 0.05) is 39.5 Å². The van der Waals surface area contributed by atoms with Crippen LogP contribution >= 0.6 is 11.6 Å². The molecule has 7 nitrogen and oxygen atoms in total. The van der Waals surface area contributed by atoms with Crippen molar-refractivity contribution in [3.63, 3.8) is 0 Å². The van der Waals surface area contributed by atoms with Gasteiger partial charge in [-0.2, -0.15) is 18.4 Å². The molecule has 0 bridgehead atoms. The van der Waals surface area contributed by atoms with Crippen molar-refractivity contribution < 1.29 is 31.5 Å². The first kappa shape index (κ1) is 26.8. The van der Waals surface area contributed by atoms with Crippen LogP contribution in [0.15, 0.2) is 61.1 Å². The van der Waals surface area contributed by atoms with Gasteiger partial charge in [0.15, 0.2) is 0 Å². The Kier molecular flexibility index (Phi) is 6.77. The van der Waals surface area contributed by atoms with E-state index in [2.05, 4.69) is 15.6 Å². The Labute approximate surface area is 227 Å². The van der Waals surface area contributed by atoms with Crippen molar-refractivity contribution in [2.45, 2.75) is 18.8 Å². The van der Waals surface area contributed by atoms with Gasteiger partial charge in [0.1, 0.15) is 23.4 Å². The summed E-state index contributed by atoms with van der Waals surface area (Å²) in [5, 5.41) is 14.6. The first-order chi connectivity index (χ1) is 18.9. The van der Waals surface area contributed by atoms with Crippen LogP contribution in [0.2, 0.25) is 5.02 Å². The maximum Gasteiger partial charge on any atom is 0.416 e. The summed E-state index contributed by atoms with van der Waals surface area (Å²) in [4.78, 5) is 30.1. The molecule has 0 unspecified atom stereocenters. The van der Waals surface area contributed by atoms with E-state index in [0.717, 1.165) is 12.1 Å². The third-order valence-corrected chi connectivity index (χ3v) is 6.58. The molecule has 0 radical (unpaired) electrons. The lowest BCUT2D eigenvalue weighted by atomic mass is 9.94. The van der Waals surface area contributed by atoms with Crippen molar-refractivity contribution in [1.82, 2.24) is 14.9 Å². The Balaban J connectivity index is 1.63. The molecule has 1 atom stereocenters. The quantitative estimate of drug-likeness (QED) is 0.294. The lowest BCUT2D eigenvalue weighted by Gasteiger charge is -2.19. The third-order valence-electron chi connectivity index (χ3n) is 6.23. The van der Waals surface area contributed by atoms with Crippen molar-refractivity contribution in [2.75, 3.05) is 5.32 Å². The average Bonchev–Trinajstić information content (AvgIpc) is 3.48. The molecule has 2 heterocycles. The van der Waals surface area contributed by atoms with E-state index >= 15 is 0 Å². The standard InChI is InChI=1S/C27H15ClF5N5O2/c28-21-2-1-16(29)8-19(21)24-23-20(26(40)37-24)3-13(11-38-12-35-10-18(38)9-34)4-22(23)36-25(39)14-5-15(27(31,32)33)7-17(30)6-14/h1-8,10,12,24H,11H2,(H,36,39)(H,37,40)/t24-/m1/s1. The van der Waals surface area contributed by atoms with E-state index in [0.29, 0.717) is 17.7 Å². The number of alkyl halides is 3. The molecule has 2 N–H and O–H groups in total. The number of carbonyl (C=O) groups is 2. The normalized spacial score (nSPS) is 14.4. The number of benzene rings is 3. The molecule has 40 heavy (non-hydrogen) atoms. The number of hydrogen-bond acceptors (Lipinski definition) is 4. The van der Waals surface area contributed by atoms with Gasteiger partial charge in [0.25, 0.3) is 11.8 Å². The van der Waals surface area contributed by atoms with E-state index in [1.165, 1.54) is 35.3 Å². The van der Waals surface area contributed by atoms with Crippen LogP contribution in [-0.4, -0.2) is 21.4 Å². The molecular formula is C27H15ClF5N5O2. The Morgan fingerprint density at radius 2 is 1.90 bits per heavy atom. The highest BCUT2D eigenvalue weighted by atomic mass is 35.5. The Morgan fingerprint density at radius 3 is 2.62 bits per heavy atom. The topological polar surface area (TPSA) is 99.8 Å². The van der Waals surface area contributed by atoms with E-state index in [1.807, 2.05) is 6.07 Å². The minimum atomic E-state index is -4.91. The maximum atomic E-state index is 14.1. The van der Waals surface area contributed by atoms with Crippen LogP contribution in [0.5, 0.6) is 0 Å². The molecule has 0 aliphatic carbocycles. The van der Waals surface area contributed by atoms with Crippen LogP contribution in [0.1, 0.15) is 54.7 Å². The molecule has 0 fully saturated rings. The summed E-state index contributed by atoms with van der Waals surface area (Å²) >= 11 is 6.29. The van der Waals surface area contributed by atoms with Gasteiger partial charge in [0.05, 0.1) is 24.1 Å². The van der Waals surface area contributed by atoms with Gasteiger partial charge in [-0.3, -0.25) is 9.59 Å². The number of rotatable bonds is 5. The molecule has 0 saturated carbocycles. The number of imidazole rings is 1. The molecule has 0 saturated heterocycles. The number of aromatic nitrogens is 2. The fourth-order valence-corrected chi connectivity index (χ4v) is 4.70. The third kappa shape index (κ3) is 5.11. The molecule has 2 amide bonds.